The van der Waals surface area contributed by atoms with E-state index in [1.165, 1.54) is 13.8 Å². The molecule has 0 aromatic carbocycles. The summed E-state index contributed by atoms with van der Waals surface area (Å²) in [4.78, 5) is 43.8. The lowest BCUT2D eigenvalue weighted by atomic mass is 10.3. The second-order valence-corrected chi connectivity index (χ2v) is 3.31. The van der Waals surface area contributed by atoms with E-state index in [1.54, 1.807) is 0 Å². The van der Waals surface area contributed by atoms with Gasteiger partial charge >= 0.3 is 23.9 Å². The van der Waals surface area contributed by atoms with Crippen LogP contribution in [0.2, 0.25) is 0 Å². The van der Waals surface area contributed by atoms with Crippen molar-refractivity contribution in [3.05, 3.63) is 36.5 Å². The summed E-state index contributed by atoms with van der Waals surface area (Å²) >= 11 is 0. The molecule has 0 aliphatic heterocycles. The third kappa shape index (κ3) is 6.16. The average molecular weight is 252 g/mol. The molecule has 0 N–H and O–H groups in total. The van der Waals surface area contributed by atoms with Gasteiger partial charge in [-0.1, -0.05) is 13.2 Å². The van der Waals surface area contributed by atoms with Crippen molar-refractivity contribution in [3.8, 4) is 0 Å². The highest BCUT2D eigenvalue weighted by Gasteiger charge is 2.11. The minimum atomic E-state index is -1.07. The molecule has 0 saturated heterocycles. The Morgan fingerprint density at radius 2 is 1.06 bits per heavy atom. The molecule has 0 aliphatic rings. The second kappa shape index (κ2) is 6.95. The predicted octanol–water partition coefficient (Wildman–Crippen LogP) is 0.834. The topological polar surface area (TPSA) is 86.7 Å². The summed E-state index contributed by atoms with van der Waals surface area (Å²) in [6, 6.07) is 0. The predicted molar refractivity (Wildman–Crippen MR) is 61.0 cm³/mol. The smallest absolute Gasteiger partial charge is 0.340 e. The molecule has 0 saturated carbocycles. The van der Waals surface area contributed by atoms with Crippen LogP contribution >= 0.6 is 0 Å². The molecule has 0 heterocycles. The van der Waals surface area contributed by atoms with Crippen molar-refractivity contribution in [1.29, 1.82) is 0 Å². The normalized spacial score (nSPS) is 9.67. The van der Waals surface area contributed by atoms with Crippen LogP contribution in [0, 0.1) is 0 Å². The maximum absolute atomic E-state index is 11.0. The van der Waals surface area contributed by atoms with Crippen molar-refractivity contribution in [1.82, 2.24) is 0 Å². The Balaban J connectivity index is 4.31. The van der Waals surface area contributed by atoms with Crippen LogP contribution in [0.4, 0.5) is 0 Å². The Bertz CT molecular complexity index is 413. The summed E-state index contributed by atoms with van der Waals surface area (Å²) in [5, 5.41) is 0. The van der Waals surface area contributed by atoms with Gasteiger partial charge in [0.1, 0.15) is 0 Å². The molecule has 6 nitrogen and oxygen atoms in total. The van der Waals surface area contributed by atoms with E-state index in [9.17, 15) is 19.2 Å². The van der Waals surface area contributed by atoms with Gasteiger partial charge in [-0.15, -0.1) is 0 Å². The summed E-state index contributed by atoms with van der Waals surface area (Å²) in [5.74, 6) is -3.95. The van der Waals surface area contributed by atoms with Gasteiger partial charge in [0, 0.05) is 23.3 Å². The monoisotopic (exact) mass is 252 g/mol. The number of rotatable bonds is 4. The van der Waals surface area contributed by atoms with Crippen molar-refractivity contribution < 1.29 is 28.7 Å². The first-order valence-corrected chi connectivity index (χ1v) is 4.75. The zero-order chi connectivity index (χ0) is 14.3. The third-order valence-electron chi connectivity index (χ3n) is 1.44. The summed E-state index contributed by atoms with van der Waals surface area (Å²) < 4.78 is 8.48. The van der Waals surface area contributed by atoms with Crippen molar-refractivity contribution in [2.45, 2.75) is 13.8 Å². The average Bonchev–Trinajstić information content (AvgIpc) is 2.25. The van der Waals surface area contributed by atoms with Gasteiger partial charge in [-0.3, -0.25) is 0 Å². The van der Waals surface area contributed by atoms with Gasteiger partial charge in [0.05, 0.1) is 0 Å². The molecule has 0 aromatic rings. The van der Waals surface area contributed by atoms with Gasteiger partial charge < -0.3 is 9.47 Å². The maximum Gasteiger partial charge on any atom is 0.340 e. The molecule has 96 valence electrons. The molecule has 0 unspecified atom stereocenters. The minimum absolute atomic E-state index is 0.0387. The van der Waals surface area contributed by atoms with E-state index in [4.69, 9.17) is 0 Å². The van der Waals surface area contributed by atoms with Gasteiger partial charge in [-0.2, -0.15) is 0 Å². The molecule has 18 heavy (non-hydrogen) atoms. The van der Waals surface area contributed by atoms with Crippen molar-refractivity contribution in [2.24, 2.45) is 0 Å². The molecule has 0 amide bonds. The van der Waals surface area contributed by atoms with Crippen molar-refractivity contribution >= 4 is 23.9 Å². The number of esters is 4. The molecule has 0 radical (unpaired) electrons. The largest absolute Gasteiger partial charge is 0.386 e. The SMILES string of the molecule is C=C(C)C(=O)OC(=O)/C=C\C(=O)OC(=O)C(=C)C. The van der Waals surface area contributed by atoms with Crippen LogP contribution in [0.5, 0.6) is 0 Å². The summed E-state index contributed by atoms with van der Waals surface area (Å²) in [7, 11) is 0. The van der Waals surface area contributed by atoms with E-state index in [-0.39, 0.29) is 11.1 Å². The van der Waals surface area contributed by atoms with Gasteiger partial charge in [0.15, 0.2) is 0 Å². The summed E-state index contributed by atoms with van der Waals surface area (Å²) in [5.41, 5.74) is 0.0774. The van der Waals surface area contributed by atoms with Gasteiger partial charge in [-0.25, -0.2) is 19.2 Å². The third-order valence-corrected chi connectivity index (χ3v) is 1.44. The maximum atomic E-state index is 11.0. The molecule has 6 heteroatoms. The summed E-state index contributed by atoms with van der Waals surface area (Å²) in [6.07, 6.45) is 1.32. The van der Waals surface area contributed by atoms with Gasteiger partial charge in [-0.05, 0) is 13.8 Å². The van der Waals surface area contributed by atoms with Crippen LogP contribution in [0.15, 0.2) is 36.5 Å². The van der Waals surface area contributed by atoms with Crippen molar-refractivity contribution in [3.63, 3.8) is 0 Å². The lowest BCUT2D eigenvalue weighted by Gasteiger charge is -1.98. The van der Waals surface area contributed by atoms with E-state index < -0.39 is 23.9 Å². The van der Waals surface area contributed by atoms with Crippen molar-refractivity contribution in [2.75, 3.05) is 0 Å². The molecule has 0 atom stereocenters. The number of hydrogen-bond acceptors (Lipinski definition) is 6. The standard InChI is InChI=1S/C12H12O6/c1-7(2)11(15)17-9(13)5-6-10(14)18-12(16)8(3)4/h5-6H,1,3H2,2,4H3/b6-5-. The fourth-order valence-electron chi connectivity index (χ4n) is 0.561. The molecule has 0 fully saturated rings. The minimum Gasteiger partial charge on any atom is -0.386 e. The lowest BCUT2D eigenvalue weighted by molar-refractivity contribution is -0.156. The van der Waals surface area contributed by atoms with Gasteiger partial charge in [0.25, 0.3) is 0 Å². The Labute approximate surface area is 104 Å². The number of ether oxygens (including phenoxy) is 2. The first kappa shape index (κ1) is 15.5. The Kier molecular flexibility index (Phi) is 5.98. The zero-order valence-electron chi connectivity index (χ0n) is 10.0. The first-order valence-electron chi connectivity index (χ1n) is 4.75. The molecule has 0 aliphatic carbocycles. The molecule has 0 spiro atoms. The lowest BCUT2D eigenvalue weighted by Crippen LogP contribution is -2.13. The molecular formula is C12H12O6. The fourth-order valence-corrected chi connectivity index (χ4v) is 0.561. The Morgan fingerprint density at radius 1 is 0.778 bits per heavy atom. The van der Waals surface area contributed by atoms with Crippen LogP contribution in [0.3, 0.4) is 0 Å². The number of carbonyl (C=O) groups excluding carboxylic acids is 4. The first-order chi connectivity index (χ1) is 8.23. The van der Waals surface area contributed by atoms with E-state index in [1.807, 2.05) is 0 Å². The van der Waals surface area contributed by atoms with E-state index in [2.05, 4.69) is 22.6 Å². The Hall–Kier alpha value is -2.50. The van der Waals surface area contributed by atoms with Gasteiger partial charge in [0.2, 0.25) is 0 Å². The van der Waals surface area contributed by atoms with E-state index in [0.29, 0.717) is 12.2 Å². The highest BCUT2D eigenvalue weighted by atomic mass is 16.6. The van der Waals surface area contributed by atoms with Crippen LogP contribution in [-0.2, 0) is 28.7 Å². The summed E-state index contributed by atoms with van der Waals surface area (Å²) in [6.45, 7) is 9.25. The zero-order valence-corrected chi connectivity index (χ0v) is 10.0. The van der Waals surface area contributed by atoms with Crippen LogP contribution in [-0.4, -0.2) is 23.9 Å². The number of hydrogen-bond donors (Lipinski definition) is 0. The molecule has 0 aromatic heterocycles. The fraction of sp³-hybridized carbons (Fsp3) is 0.167. The van der Waals surface area contributed by atoms with E-state index in [0.717, 1.165) is 0 Å². The molecule has 0 bridgehead atoms. The highest BCUT2D eigenvalue weighted by Crippen LogP contribution is 1.96. The van der Waals surface area contributed by atoms with E-state index >= 15 is 0 Å². The second-order valence-electron chi connectivity index (χ2n) is 3.31. The van der Waals surface area contributed by atoms with Crippen LogP contribution < -0.4 is 0 Å². The van der Waals surface area contributed by atoms with Crippen LogP contribution in [0.25, 0.3) is 0 Å². The Morgan fingerprint density at radius 3 is 1.28 bits per heavy atom. The highest BCUT2D eigenvalue weighted by molar-refractivity contribution is 6.03. The number of carbonyl (C=O) groups is 4. The quantitative estimate of drug-likeness (QED) is 0.418. The molecule has 0 rings (SSSR count). The molecular weight excluding hydrogens is 240 g/mol. The van der Waals surface area contributed by atoms with Crippen LogP contribution in [0.1, 0.15) is 13.8 Å².